The number of aryl methyl sites for hydroxylation is 4. The van der Waals surface area contributed by atoms with Crippen LogP contribution < -0.4 is 4.74 Å². The van der Waals surface area contributed by atoms with Crippen LogP contribution in [0.25, 0.3) is 33.7 Å². The van der Waals surface area contributed by atoms with E-state index in [1.807, 2.05) is 31.2 Å². The first-order valence-corrected chi connectivity index (χ1v) is 12.8. The van der Waals surface area contributed by atoms with Crippen molar-refractivity contribution in [1.29, 1.82) is 0 Å². The molecule has 40 heavy (non-hydrogen) atoms. The number of hydrogen-bond acceptors (Lipinski definition) is 5. The summed E-state index contributed by atoms with van der Waals surface area (Å²) in [5.74, 6) is 0.214. The predicted octanol–water partition coefficient (Wildman–Crippen LogP) is 9.36. The molecule has 5 nitrogen and oxygen atoms in total. The molecule has 2 heterocycles. The van der Waals surface area contributed by atoms with E-state index >= 15 is 0 Å². The molecule has 4 aromatic carbocycles. The van der Waals surface area contributed by atoms with E-state index in [9.17, 15) is 13.2 Å². The van der Waals surface area contributed by atoms with Crippen molar-refractivity contribution in [2.45, 2.75) is 39.8 Å². The lowest BCUT2D eigenvalue weighted by Crippen LogP contribution is -2.22. The van der Waals surface area contributed by atoms with Crippen LogP contribution in [0.3, 0.4) is 0 Å². The summed E-state index contributed by atoms with van der Waals surface area (Å²) in [7, 11) is 0. The standard InChI is InChI=1S/C32H25F3N2O3/c1-17-5-9-24(10-6-17)39-25-11-7-21(8-12-25)31-37-27-16-23(14-19(3)30(27)40-31)28(32(33,34)35)22-13-18(2)29-26(15-22)36-20(4)38-29/h5-16,28H,1-4H3. The van der Waals surface area contributed by atoms with Gasteiger partial charge in [-0.2, -0.15) is 13.2 Å². The van der Waals surface area contributed by atoms with Crippen molar-refractivity contribution in [2.75, 3.05) is 0 Å². The quantitative estimate of drug-likeness (QED) is 0.217. The average molecular weight is 543 g/mol. The highest BCUT2D eigenvalue weighted by Crippen LogP contribution is 2.43. The summed E-state index contributed by atoms with van der Waals surface area (Å²) >= 11 is 0. The van der Waals surface area contributed by atoms with Gasteiger partial charge in [0.15, 0.2) is 17.1 Å². The molecule has 202 valence electrons. The van der Waals surface area contributed by atoms with Gasteiger partial charge in [-0.15, -0.1) is 0 Å². The zero-order valence-corrected chi connectivity index (χ0v) is 22.3. The zero-order valence-electron chi connectivity index (χ0n) is 22.3. The van der Waals surface area contributed by atoms with Crippen LogP contribution in [0.4, 0.5) is 13.2 Å². The lowest BCUT2D eigenvalue weighted by molar-refractivity contribution is -0.141. The lowest BCUT2D eigenvalue weighted by atomic mass is 9.88. The van der Waals surface area contributed by atoms with Crippen LogP contribution in [0.5, 0.6) is 11.5 Å². The Morgan fingerprint density at radius 1 is 0.675 bits per heavy atom. The molecule has 6 rings (SSSR count). The van der Waals surface area contributed by atoms with Crippen molar-refractivity contribution in [3.63, 3.8) is 0 Å². The van der Waals surface area contributed by atoms with Crippen molar-refractivity contribution in [1.82, 2.24) is 9.97 Å². The van der Waals surface area contributed by atoms with Gasteiger partial charge in [0.05, 0.1) is 0 Å². The van der Waals surface area contributed by atoms with Crippen molar-refractivity contribution >= 4 is 22.2 Å². The molecule has 1 atom stereocenters. The van der Waals surface area contributed by atoms with Crippen molar-refractivity contribution in [2.24, 2.45) is 0 Å². The number of aromatic nitrogens is 2. The molecule has 0 aliphatic rings. The van der Waals surface area contributed by atoms with Crippen molar-refractivity contribution in [3.05, 3.63) is 107 Å². The number of ether oxygens (including phenoxy) is 1. The van der Waals surface area contributed by atoms with E-state index in [0.29, 0.717) is 56.4 Å². The fraction of sp³-hybridized carbons (Fsp3) is 0.188. The summed E-state index contributed by atoms with van der Waals surface area (Å²) in [6.07, 6.45) is -4.54. The highest BCUT2D eigenvalue weighted by atomic mass is 19.4. The third-order valence-electron chi connectivity index (χ3n) is 6.86. The van der Waals surface area contributed by atoms with Crippen molar-refractivity contribution < 1.29 is 26.7 Å². The van der Waals surface area contributed by atoms with E-state index < -0.39 is 12.1 Å². The van der Waals surface area contributed by atoms with Crippen LogP contribution in [0.15, 0.2) is 81.6 Å². The first-order valence-electron chi connectivity index (χ1n) is 12.8. The second-order valence-corrected chi connectivity index (χ2v) is 10.0. The van der Waals surface area contributed by atoms with E-state index in [2.05, 4.69) is 9.97 Å². The van der Waals surface area contributed by atoms with Gasteiger partial charge in [0.25, 0.3) is 0 Å². The summed E-state index contributed by atoms with van der Waals surface area (Å²) in [6.45, 7) is 7.12. The Morgan fingerprint density at radius 3 is 1.77 bits per heavy atom. The van der Waals surface area contributed by atoms with Gasteiger partial charge in [-0.3, -0.25) is 0 Å². The van der Waals surface area contributed by atoms with E-state index in [0.717, 1.165) is 11.3 Å². The van der Waals surface area contributed by atoms with Gasteiger partial charge < -0.3 is 13.6 Å². The first-order chi connectivity index (χ1) is 19.0. The smallest absolute Gasteiger partial charge is 0.399 e. The number of halogens is 3. The van der Waals surface area contributed by atoms with E-state index in [4.69, 9.17) is 13.6 Å². The van der Waals surface area contributed by atoms with Gasteiger partial charge in [-0.25, -0.2) is 9.97 Å². The normalized spacial score (nSPS) is 12.8. The number of oxazole rings is 2. The fourth-order valence-electron chi connectivity index (χ4n) is 5.00. The zero-order chi connectivity index (χ0) is 28.2. The molecule has 6 aromatic rings. The second kappa shape index (κ2) is 9.55. The van der Waals surface area contributed by atoms with Crippen LogP contribution in [0, 0.1) is 27.7 Å². The van der Waals surface area contributed by atoms with E-state index in [1.54, 1.807) is 45.0 Å². The summed E-state index contributed by atoms with van der Waals surface area (Å²) in [4.78, 5) is 8.81. The molecule has 0 N–H and O–H groups in total. The third-order valence-corrected chi connectivity index (χ3v) is 6.86. The highest BCUT2D eigenvalue weighted by Gasteiger charge is 2.42. The van der Waals surface area contributed by atoms with Crippen LogP contribution in [0.2, 0.25) is 0 Å². The monoisotopic (exact) mass is 542 g/mol. The Morgan fingerprint density at radius 2 is 1.20 bits per heavy atom. The minimum Gasteiger partial charge on any atom is -0.457 e. The Hall–Kier alpha value is -4.59. The molecule has 2 aromatic heterocycles. The molecule has 0 spiro atoms. The van der Waals surface area contributed by atoms with E-state index in [-0.39, 0.29) is 11.1 Å². The Labute approximate surface area is 228 Å². The molecule has 0 fully saturated rings. The van der Waals surface area contributed by atoms with Gasteiger partial charge >= 0.3 is 6.18 Å². The van der Waals surface area contributed by atoms with Crippen molar-refractivity contribution in [3.8, 4) is 23.0 Å². The van der Waals surface area contributed by atoms with Crippen LogP contribution >= 0.6 is 0 Å². The maximum Gasteiger partial charge on any atom is 0.399 e. The summed E-state index contributed by atoms with van der Waals surface area (Å²) in [5, 5.41) is 0. The number of hydrogen-bond donors (Lipinski definition) is 0. The predicted molar refractivity (Wildman–Crippen MR) is 147 cm³/mol. The molecule has 1 unspecified atom stereocenters. The van der Waals surface area contributed by atoms with Gasteiger partial charge in [0.1, 0.15) is 28.5 Å². The highest BCUT2D eigenvalue weighted by molar-refractivity contribution is 5.81. The molecule has 0 bridgehead atoms. The Kier molecular flexibility index (Phi) is 6.13. The van der Waals surface area contributed by atoms with Gasteiger partial charge in [-0.05, 0) is 91.6 Å². The third kappa shape index (κ3) is 4.81. The molecule has 8 heteroatoms. The van der Waals surface area contributed by atoms with Crippen LogP contribution in [-0.2, 0) is 0 Å². The minimum absolute atomic E-state index is 0.0816. The molecule has 0 radical (unpaired) electrons. The summed E-state index contributed by atoms with van der Waals surface area (Å²) < 4.78 is 61.1. The van der Waals surface area contributed by atoms with Crippen LogP contribution in [0.1, 0.15) is 39.6 Å². The number of alkyl halides is 3. The average Bonchev–Trinajstić information content (AvgIpc) is 3.49. The second-order valence-electron chi connectivity index (χ2n) is 10.0. The van der Waals surface area contributed by atoms with Gasteiger partial charge in [-0.1, -0.05) is 29.8 Å². The molecule has 0 amide bonds. The molecular formula is C32H25F3N2O3. The van der Waals surface area contributed by atoms with Gasteiger partial charge in [0.2, 0.25) is 5.89 Å². The number of nitrogens with zero attached hydrogens (tertiary/aromatic N) is 2. The maximum atomic E-state index is 14.5. The number of rotatable bonds is 5. The van der Waals surface area contributed by atoms with Gasteiger partial charge in [0, 0.05) is 12.5 Å². The number of benzene rings is 4. The topological polar surface area (TPSA) is 61.3 Å². The molecule has 0 aliphatic carbocycles. The first kappa shape index (κ1) is 25.7. The lowest BCUT2D eigenvalue weighted by Gasteiger charge is -2.22. The minimum atomic E-state index is -4.54. The fourth-order valence-corrected chi connectivity index (χ4v) is 5.00. The SMILES string of the molecule is Cc1ccc(Oc2ccc(-c3nc4cc(C(c5cc(C)c6oc(C)nc6c5)C(F)(F)F)cc(C)c4o3)cc2)cc1. The summed E-state index contributed by atoms with van der Waals surface area (Å²) in [6, 6.07) is 20.9. The Bertz CT molecular complexity index is 1850. The Balaban J connectivity index is 1.35. The maximum absolute atomic E-state index is 14.5. The summed E-state index contributed by atoms with van der Waals surface area (Å²) in [5.41, 5.74) is 4.85. The molecular weight excluding hydrogens is 517 g/mol. The largest absolute Gasteiger partial charge is 0.457 e. The number of fused-ring (bicyclic) bond motifs is 2. The molecule has 0 saturated carbocycles. The van der Waals surface area contributed by atoms with E-state index in [1.165, 1.54) is 24.3 Å². The molecule has 0 saturated heterocycles. The van der Waals surface area contributed by atoms with Crippen LogP contribution in [-0.4, -0.2) is 16.1 Å². The molecule has 0 aliphatic heterocycles.